The van der Waals surface area contributed by atoms with Crippen molar-refractivity contribution < 1.29 is 0 Å². The maximum atomic E-state index is 3.91. The summed E-state index contributed by atoms with van der Waals surface area (Å²) in [6.45, 7) is 5.96. The van der Waals surface area contributed by atoms with E-state index in [0.29, 0.717) is 0 Å². The zero-order valence-corrected chi connectivity index (χ0v) is 9.61. The van der Waals surface area contributed by atoms with E-state index in [1.54, 1.807) is 0 Å². The molecule has 0 heterocycles. The van der Waals surface area contributed by atoms with Gasteiger partial charge in [-0.05, 0) is 35.6 Å². The molecule has 0 fully saturated rings. The van der Waals surface area contributed by atoms with Gasteiger partial charge in [-0.3, -0.25) is 0 Å². The highest BCUT2D eigenvalue weighted by molar-refractivity contribution is 5.84. The molecular weight excluding hydrogens is 192 g/mol. The Morgan fingerprint density at radius 1 is 1.25 bits per heavy atom. The van der Waals surface area contributed by atoms with Gasteiger partial charge in [0.15, 0.2) is 0 Å². The molecule has 0 amide bonds. The van der Waals surface area contributed by atoms with Gasteiger partial charge in [0.2, 0.25) is 0 Å². The van der Waals surface area contributed by atoms with E-state index >= 15 is 0 Å². The Labute approximate surface area is 97.3 Å². The van der Waals surface area contributed by atoms with Gasteiger partial charge in [0.1, 0.15) is 0 Å². The third kappa shape index (κ3) is 1.92. The lowest BCUT2D eigenvalue weighted by atomic mass is 9.96. The molecule has 0 nitrogen and oxygen atoms in total. The predicted octanol–water partition coefficient (Wildman–Crippen LogP) is 4.62. The van der Waals surface area contributed by atoms with Crippen LogP contribution in [0.15, 0.2) is 60.7 Å². The summed E-state index contributed by atoms with van der Waals surface area (Å²) in [6, 6.07) is 8.49. The maximum Gasteiger partial charge on any atom is -0.00882 e. The number of benzene rings is 1. The molecule has 1 aliphatic carbocycles. The van der Waals surface area contributed by atoms with Crippen molar-refractivity contribution in [3.8, 4) is 0 Å². The second-order valence-electron chi connectivity index (χ2n) is 3.84. The molecule has 0 radical (unpaired) electrons. The molecular formula is C16H16. The first kappa shape index (κ1) is 10.7. The normalized spacial score (nSPS) is 15.1. The second kappa shape index (κ2) is 4.80. The van der Waals surface area contributed by atoms with Crippen molar-refractivity contribution in [2.45, 2.75) is 13.3 Å². The summed E-state index contributed by atoms with van der Waals surface area (Å²) in [4.78, 5) is 0. The van der Waals surface area contributed by atoms with E-state index in [-0.39, 0.29) is 0 Å². The van der Waals surface area contributed by atoms with Gasteiger partial charge in [-0.1, -0.05) is 61.2 Å². The largest absolute Gasteiger partial charge is 0.0988 e. The Kier molecular flexibility index (Phi) is 3.21. The van der Waals surface area contributed by atoms with Gasteiger partial charge in [-0.2, -0.15) is 0 Å². The average Bonchev–Trinajstić information content (AvgIpc) is 2.50. The van der Waals surface area contributed by atoms with Gasteiger partial charge in [0, 0.05) is 0 Å². The Hall–Kier alpha value is -1.82. The van der Waals surface area contributed by atoms with Crippen LogP contribution in [0.25, 0.3) is 11.6 Å². The van der Waals surface area contributed by atoms with Crippen LogP contribution >= 0.6 is 0 Å². The highest BCUT2D eigenvalue weighted by atomic mass is 14.1. The van der Waals surface area contributed by atoms with E-state index in [0.717, 1.165) is 6.42 Å². The molecule has 0 spiro atoms. The molecule has 0 heteroatoms. The second-order valence-corrected chi connectivity index (χ2v) is 3.84. The third-order valence-electron chi connectivity index (χ3n) is 2.81. The zero-order chi connectivity index (χ0) is 11.4. The predicted molar refractivity (Wildman–Crippen MR) is 72.0 cm³/mol. The summed E-state index contributed by atoms with van der Waals surface area (Å²) in [5.74, 6) is 0. The molecule has 0 unspecified atom stereocenters. The number of fused-ring (bicyclic) bond motifs is 1. The van der Waals surface area contributed by atoms with Crippen molar-refractivity contribution in [2.75, 3.05) is 0 Å². The minimum Gasteiger partial charge on any atom is -0.0988 e. The van der Waals surface area contributed by atoms with E-state index in [9.17, 15) is 0 Å². The SMILES string of the molecule is C=CC1=C(/C=C\C)c2ccccc2C=CC1. The van der Waals surface area contributed by atoms with Crippen molar-refractivity contribution in [3.05, 3.63) is 71.8 Å². The van der Waals surface area contributed by atoms with Crippen LogP contribution in [0.5, 0.6) is 0 Å². The molecule has 0 bridgehead atoms. The van der Waals surface area contributed by atoms with Crippen LogP contribution in [-0.2, 0) is 0 Å². The topological polar surface area (TPSA) is 0 Å². The molecule has 1 aliphatic rings. The Morgan fingerprint density at radius 3 is 2.81 bits per heavy atom. The standard InChI is InChI=1S/C16H16/c1-3-8-15-13(4-2)10-7-11-14-9-5-6-12-16(14)15/h3-9,11-12H,2,10H2,1H3/b8-3-. The lowest BCUT2D eigenvalue weighted by Crippen LogP contribution is -1.88. The van der Waals surface area contributed by atoms with Crippen LogP contribution < -0.4 is 0 Å². The summed E-state index contributed by atoms with van der Waals surface area (Å²) < 4.78 is 0. The quantitative estimate of drug-likeness (QED) is 0.665. The van der Waals surface area contributed by atoms with Crippen LogP contribution in [0.4, 0.5) is 0 Å². The summed E-state index contributed by atoms with van der Waals surface area (Å²) in [6.07, 6.45) is 11.6. The molecule has 1 aromatic rings. The Bertz CT molecular complexity index is 485. The molecule has 1 aromatic carbocycles. The van der Waals surface area contributed by atoms with Gasteiger partial charge in [0.05, 0.1) is 0 Å². The van der Waals surface area contributed by atoms with Gasteiger partial charge in [-0.25, -0.2) is 0 Å². The fourth-order valence-electron chi connectivity index (χ4n) is 2.04. The van der Waals surface area contributed by atoms with Crippen molar-refractivity contribution in [2.24, 2.45) is 0 Å². The number of hydrogen-bond acceptors (Lipinski definition) is 0. The lowest BCUT2D eigenvalue weighted by Gasteiger charge is -2.08. The fraction of sp³-hybridized carbons (Fsp3) is 0.125. The number of hydrogen-bond donors (Lipinski definition) is 0. The van der Waals surface area contributed by atoms with Gasteiger partial charge in [0.25, 0.3) is 0 Å². The monoisotopic (exact) mass is 208 g/mol. The summed E-state index contributed by atoms with van der Waals surface area (Å²) in [5.41, 5.74) is 5.16. The van der Waals surface area contributed by atoms with E-state index < -0.39 is 0 Å². The van der Waals surface area contributed by atoms with Crippen LogP contribution in [0, 0.1) is 0 Å². The molecule has 80 valence electrons. The van der Waals surface area contributed by atoms with Gasteiger partial charge < -0.3 is 0 Å². The molecule has 0 aromatic heterocycles. The van der Waals surface area contributed by atoms with Crippen LogP contribution in [-0.4, -0.2) is 0 Å². The molecule has 0 saturated carbocycles. The van der Waals surface area contributed by atoms with Crippen LogP contribution in [0.1, 0.15) is 24.5 Å². The Morgan fingerprint density at radius 2 is 2.06 bits per heavy atom. The molecule has 0 atom stereocenters. The average molecular weight is 208 g/mol. The lowest BCUT2D eigenvalue weighted by molar-refractivity contribution is 1.31. The van der Waals surface area contributed by atoms with E-state index in [4.69, 9.17) is 0 Å². The first-order valence-corrected chi connectivity index (χ1v) is 5.61. The highest BCUT2D eigenvalue weighted by Gasteiger charge is 2.09. The van der Waals surface area contributed by atoms with Gasteiger partial charge >= 0.3 is 0 Å². The minimum atomic E-state index is 0.956. The Balaban J connectivity index is 2.67. The number of rotatable bonds is 2. The molecule has 0 N–H and O–H groups in total. The minimum absolute atomic E-state index is 0.956. The third-order valence-corrected chi connectivity index (χ3v) is 2.81. The first-order chi connectivity index (χ1) is 7.86. The van der Waals surface area contributed by atoms with Crippen molar-refractivity contribution in [3.63, 3.8) is 0 Å². The maximum absolute atomic E-state index is 3.91. The molecule has 2 rings (SSSR count). The van der Waals surface area contributed by atoms with Crippen LogP contribution in [0.2, 0.25) is 0 Å². The van der Waals surface area contributed by atoms with Crippen molar-refractivity contribution in [1.82, 2.24) is 0 Å². The first-order valence-electron chi connectivity index (χ1n) is 5.61. The highest BCUT2D eigenvalue weighted by Crippen LogP contribution is 2.30. The van der Waals surface area contributed by atoms with Crippen LogP contribution in [0.3, 0.4) is 0 Å². The van der Waals surface area contributed by atoms with E-state index in [2.05, 4.69) is 62.1 Å². The van der Waals surface area contributed by atoms with Crippen molar-refractivity contribution >= 4 is 11.6 Å². The smallest absolute Gasteiger partial charge is 0.00882 e. The fourth-order valence-corrected chi connectivity index (χ4v) is 2.04. The van der Waals surface area contributed by atoms with E-state index in [1.807, 2.05) is 6.08 Å². The summed E-state index contributed by atoms with van der Waals surface area (Å²) in [5, 5.41) is 0. The van der Waals surface area contributed by atoms with E-state index in [1.165, 1.54) is 22.3 Å². The molecule has 0 aliphatic heterocycles. The summed E-state index contributed by atoms with van der Waals surface area (Å²) in [7, 11) is 0. The number of allylic oxidation sites excluding steroid dienone is 6. The zero-order valence-electron chi connectivity index (χ0n) is 9.61. The molecule has 16 heavy (non-hydrogen) atoms. The van der Waals surface area contributed by atoms with Gasteiger partial charge in [-0.15, -0.1) is 0 Å². The molecule has 0 saturated heterocycles. The summed E-state index contributed by atoms with van der Waals surface area (Å²) >= 11 is 0. The van der Waals surface area contributed by atoms with Crippen molar-refractivity contribution in [1.29, 1.82) is 0 Å².